The summed E-state index contributed by atoms with van der Waals surface area (Å²) in [6.45, 7) is 3.83. The molecule has 0 saturated carbocycles. The first kappa shape index (κ1) is 17.7. The van der Waals surface area contributed by atoms with Gasteiger partial charge < -0.3 is 10.6 Å². The van der Waals surface area contributed by atoms with Crippen molar-refractivity contribution >= 4 is 23.0 Å². The fraction of sp³-hybridized carbons (Fsp3) is 0.111. The van der Waals surface area contributed by atoms with Crippen LogP contribution in [-0.2, 0) is 4.79 Å². The molecule has 126 valence electrons. The van der Waals surface area contributed by atoms with Crippen LogP contribution in [0.1, 0.15) is 11.1 Å². The number of carbonyl (C=O) groups excluding carboxylic acids is 1. The quantitative estimate of drug-likeness (QED) is 0.375. The highest BCUT2D eigenvalue weighted by molar-refractivity contribution is 6.06. The van der Waals surface area contributed by atoms with Gasteiger partial charge in [0.05, 0.1) is 4.92 Å². The van der Waals surface area contributed by atoms with E-state index in [9.17, 15) is 20.2 Å². The average Bonchev–Trinajstić information content (AvgIpc) is 2.57. The van der Waals surface area contributed by atoms with Crippen LogP contribution >= 0.6 is 0 Å². The van der Waals surface area contributed by atoms with Crippen molar-refractivity contribution in [2.45, 2.75) is 13.8 Å². The Hall–Kier alpha value is -3.66. The molecular weight excluding hydrogens is 320 g/mol. The number of para-hydroxylation sites is 1. The summed E-state index contributed by atoms with van der Waals surface area (Å²) >= 11 is 0. The van der Waals surface area contributed by atoms with Crippen LogP contribution in [0.15, 0.2) is 54.2 Å². The van der Waals surface area contributed by atoms with E-state index in [1.165, 1.54) is 30.5 Å². The number of nitrogens with zero attached hydrogens (tertiary/aromatic N) is 2. The molecule has 2 aromatic rings. The van der Waals surface area contributed by atoms with Crippen molar-refractivity contribution < 1.29 is 9.72 Å². The Balaban J connectivity index is 2.17. The fourth-order valence-corrected chi connectivity index (χ4v) is 2.23. The molecule has 0 fully saturated rings. The van der Waals surface area contributed by atoms with E-state index in [0.29, 0.717) is 0 Å². The molecule has 0 unspecified atom stereocenters. The standard InChI is InChI=1S/C18H16N4O3/c1-12-5-3-6-13(2)17(12)20-11-14(10-19)18(23)21-15-7-4-8-16(9-15)22(24)25/h3-9,11,20H,1-2H3,(H,21,23)/b14-11-. The predicted octanol–water partition coefficient (Wildman–Crippen LogP) is 3.67. The molecule has 0 spiro atoms. The number of anilines is 2. The van der Waals surface area contributed by atoms with Crippen LogP contribution in [0.25, 0.3) is 0 Å². The summed E-state index contributed by atoms with van der Waals surface area (Å²) in [5.74, 6) is -0.651. The molecule has 2 aromatic carbocycles. The van der Waals surface area contributed by atoms with Crippen molar-refractivity contribution in [1.29, 1.82) is 5.26 Å². The van der Waals surface area contributed by atoms with Crippen LogP contribution in [0.4, 0.5) is 17.1 Å². The van der Waals surface area contributed by atoms with E-state index in [1.807, 2.05) is 38.1 Å². The molecule has 7 nitrogen and oxygen atoms in total. The third kappa shape index (κ3) is 4.42. The molecule has 0 aliphatic heterocycles. The van der Waals surface area contributed by atoms with E-state index >= 15 is 0 Å². The van der Waals surface area contributed by atoms with Crippen molar-refractivity contribution in [3.05, 3.63) is 75.5 Å². The maximum absolute atomic E-state index is 12.2. The molecule has 2 N–H and O–H groups in total. The summed E-state index contributed by atoms with van der Waals surface area (Å²) in [5, 5.41) is 25.4. The average molecular weight is 336 g/mol. The van der Waals surface area contributed by atoms with Crippen LogP contribution in [0.3, 0.4) is 0 Å². The van der Waals surface area contributed by atoms with Gasteiger partial charge in [0.2, 0.25) is 0 Å². The van der Waals surface area contributed by atoms with Gasteiger partial charge in [-0.25, -0.2) is 0 Å². The van der Waals surface area contributed by atoms with E-state index < -0.39 is 10.8 Å². The van der Waals surface area contributed by atoms with E-state index in [2.05, 4.69) is 10.6 Å². The Labute approximate surface area is 144 Å². The van der Waals surface area contributed by atoms with Gasteiger partial charge in [-0.2, -0.15) is 5.26 Å². The first-order chi connectivity index (χ1) is 11.9. The number of aryl methyl sites for hydroxylation is 2. The van der Waals surface area contributed by atoms with Crippen LogP contribution < -0.4 is 10.6 Å². The molecule has 2 rings (SSSR count). The molecule has 1 amide bonds. The van der Waals surface area contributed by atoms with Crippen LogP contribution in [-0.4, -0.2) is 10.8 Å². The molecule has 0 heterocycles. The van der Waals surface area contributed by atoms with Crippen LogP contribution in [0.5, 0.6) is 0 Å². The van der Waals surface area contributed by atoms with Crippen molar-refractivity contribution in [2.24, 2.45) is 0 Å². The SMILES string of the molecule is Cc1cccc(C)c1N/C=C(/C#N)C(=O)Nc1cccc([N+](=O)[O-])c1. The number of rotatable bonds is 5. The monoisotopic (exact) mass is 336 g/mol. The van der Waals surface area contributed by atoms with E-state index in [0.717, 1.165) is 16.8 Å². The van der Waals surface area contributed by atoms with Gasteiger partial charge >= 0.3 is 0 Å². The fourth-order valence-electron chi connectivity index (χ4n) is 2.23. The molecule has 0 radical (unpaired) electrons. The highest BCUT2D eigenvalue weighted by atomic mass is 16.6. The highest BCUT2D eigenvalue weighted by Gasteiger charge is 2.12. The minimum Gasteiger partial charge on any atom is -0.360 e. The summed E-state index contributed by atoms with van der Waals surface area (Å²) in [6, 6.07) is 13.1. The van der Waals surface area contributed by atoms with E-state index in [-0.39, 0.29) is 16.9 Å². The molecule has 0 saturated heterocycles. The number of nitriles is 1. The van der Waals surface area contributed by atoms with Gasteiger partial charge in [-0.1, -0.05) is 24.3 Å². The Morgan fingerprint density at radius 3 is 2.44 bits per heavy atom. The minimum absolute atomic E-state index is 0.144. The Bertz CT molecular complexity index is 877. The second kappa shape index (κ2) is 7.75. The number of nitro benzene ring substituents is 1. The van der Waals surface area contributed by atoms with Gasteiger partial charge in [0.15, 0.2) is 0 Å². The van der Waals surface area contributed by atoms with Crippen molar-refractivity contribution in [3.8, 4) is 6.07 Å². The number of amides is 1. The number of non-ortho nitro benzene ring substituents is 1. The van der Waals surface area contributed by atoms with Gasteiger partial charge in [0.1, 0.15) is 11.6 Å². The minimum atomic E-state index is -0.651. The second-order valence-corrected chi connectivity index (χ2v) is 5.34. The first-order valence-electron chi connectivity index (χ1n) is 7.41. The lowest BCUT2D eigenvalue weighted by Gasteiger charge is -2.10. The molecule has 0 aliphatic carbocycles. The summed E-state index contributed by atoms with van der Waals surface area (Å²) in [7, 11) is 0. The van der Waals surface area contributed by atoms with Crippen LogP contribution in [0, 0.1) is 35.3 Å². The molecular formula is C18H16N4O3. The van der Waals surface area contributed by atoms with Crippen molar-refractivity contribution in [2.75, 3.05) is 10.6 Å². The summed E-state index contributed by atoms with van der Waals surface area (Å²) in [4.78, 5) is 22.4. The van der Waals surface area contributed by atoms with E-state index in [4.69, 9.17) is 0 Å². The lowest BCUT2D eigenvalue weighted by Crippen LogP contribution is -2.14. The summed E-state index contributed by atoms with van der Waals surface area (Å²) in [5.41, 5.74) is 2.73. The zero-order chi connectivity index (χ0) is 18.4. The van der Waals surface area contributed by atoms with Crippen molar-refractivity contribution in [3.63, 3.8) is 0 Å². The number of nitro groups is 1. The Morgan fingerprint density at radius 1 is 1.20 bits per heavy atom. The highest BCUT2D eigenvalue weighted by Crippen LogP contribution is 2.20. The number of nitrogens with one attached hydrogen (secondary N) is 2. The van der Waals surface area contributed by atoms with Gasteiger partial charge in [0.25, 0.3) is 11.6 Å². The molecule has 7 heteroatoms. The third-order valence-electron chi connectivity index (χ3n) is 3.52. The van der Waals surface area contributed by atoms with E-state index in [1.54, 1.807) is 0 Å². The lowest BCUT2D eigenvalue weighted by atomic mass is 10.1. The first-order valence-corrected chi connectivity index (χ1v) is 7.41. The molecule has 0 aliphatic rings. The smallest absolute Gasteiger partial charge is 0.271 e. The molecule has 25 heavy (non-hydrogen) atoms. The number of hydrogen-bond donors (Lipinski definition) is 2. The zero-order valence-electron chi connectivity index (χ0n) is 13.7. The van der Waals surface area contributed by atoms with Gasteiger partial charge in [-0.15, -0.1) is 0 Å². The Morgan fingerprint density at radius 2 is 1.84 bits per heavy atom. The van der Waals surface area contributed by atoms with Gasteiger partial charge in [0, 0.05) is 29.7 Å². The number of benzene rings is 2. The lowest BCUT2D eigenvalue weighted by molar-refractivity contribution is -0.384. The maximum Gasteiger partial charge on any atom is 0.271 e. The maximum atomic E-state index is 12.2. The molecule has 0 atom stereocenters. The van der Waals surface area contributed by atoms with Gasteiger partial charge in [-0.3, -0.25) is 14.9 Å². The molecule has 0 aromatic heterocycles. The predicted molar refractivity (Wildman–Crippen MR) is 95.0 cm³/mol. The van der Waals surface area contributed by atoms with Crippen LogP contribution in [0.2, 0.25) is 0 Å². The summed E-state index contributed by atoms with van der Waals surface area (Å²) < 4.78 is 0. The second-order valence-electron chi connectivity index (χ2n) is 5.34. The largest absolute Gasteiger partial charge is 0.360 e. The molecule has 0 bridgehead atoms. The number of hydrogen-bond acceptors (Lipinski definition) is 5. The van der Waals surface area contributed by atoms with Gasteiger partial charge in [-0.05, 0) is 31.0 Å². The Kier molecular flexibility index (Phi) is 5.48. The topological polar surface area (TPSA) is 108 Å². The number of carbonyl (C=O) groups is 1. The zero-order valence-corrected chi connectivity index (χ0v) is 13.7. The summed E-state index contributed by atoms with van der Waals surface area (Å²) in [6.07, 6.45) is 1.32. The normalized spacial score (nSPS) is 10.7. The third-order valence-corrected chi connectivity index (χ3v) is 3.52. The van der Waals surface area contributed by atoms with Crippen molar-refractivity contribution in [1.82, 2.24) is 0 Å².